The van der Waals surface area contributed by atoms with Crippen LogP contribution < -0.4 is 5.32 Å². The van der Waals surface area contributed by atoms with Crippen molar-refractivity contribution in [3.05, 3.63) is 54.5 Å². The minimum Gasteiger partial charge on any atom is -0.393 e. The van der Waals surface area contributed by atoms with Gasteiger partial charge in [-0.3, -0.25) is 9.78 Å². The largest absolute Gasteiger partial charge is 0.393 e. The molecule has 2 aliphatic rings. The molecule has 2 N–H and O–H groups in total. The van der Waals surface area contributed by atoms with Gasteiger partial charge < -0.3 is 15.3 Å². The Morgan fingerprint density at radius 3 is 2.61 bits per heavy atom. The third-order valence-corrected chi connectivity index (χ3v) is 7.85. The second kappa shape index (κ2) is 10.4. The van der Waals surface area contributed by atoms with Gasteiger partial charge in [0.1, 0.15) is 5.52 Å². The average Bonchev–Trinajstić information content (AvgIpc) is 3.39. The topological polar surface area (TPSA) is 122 Å². The summed E-state index contributed by atoms with van der Waals surface area (Å²) in [6.07, 6.45) is 9.94. The van der Waals surface area contributed by atoms with Crippen LogP contribution in [0.2, 0.25) is 0 Å². The first-order chi connectivity index (χ1) is 18.6. The molecule has 4 aromatic rings. The van der Waals surface area contributed by atoms with E-state index in [4.69, 9.17) is 4.98 Å². The van der Waals surface area contributed by atoms with Crippen molar-refractivity contribution in [2.24, 2.45) is 5.92 Å². The number of likely N-dealkylation sites (tertiary alicyclic amines) is 1. The van der Waals surface area contributed by atoms with Gasteiger partial charge in [-0.2, -0.15) is 9.67 Å². The number of rotatable bonds is 5. The predicted molar refractivity (Wildman–Crippen MR) is 144 cm³/mol. The number of hydrogen-bond acceptors (Lipinski definition) is 8. The lowest BCUT2D eigenvalue weighted by Crippen LogP contribution is -2.44. The zero-order valence-electron chi connectivity index (χ0n) is 21.5. The molecule has 1 aromatic carbocycles. The molecule has 1 saturated carbocycles. The number of amides is 1. The summed E-state index contributed by atoms with van der Waals surface area (Å²) in [6.45, 7) is 3.39. The summed E-state index contributed by atoms with van der Waals surface area (Å²) in [5.74, 6) is 1.49. The molecule has 3 aromatic heterocycles. The summed E-state index contributed by atoms with van der Waals surface area (Å²) in [6, 6.07) is 10.0. The molecule has 0 atom stereocenters. The van der Waals surface area contributed by atoms with Gasteiger partial charge in [0, 0.05) is 60.8 Å². The lowest BCUT2D eigenvalue weighted by Gasteiger charge is -2.35. The van der Waals surface area contributed by atoms with Crippen molar-refractivity contribution < 1.29 is 9.90 Å². The number of fused-ring (bicyclic) bond motifs is 1. The molecule has 0 spiro atoms. The van der Waals surface area contributed by atoms with Crippen LogP contribution in [0.5, 0.6) is 0 Å². The zero-order valence-corrected chi connectivity index (χ0v) is 21.5. The van der Waals surface area contributed by atoms with Crippen LogP contribution in [-0.2, 0) is 4.79 Å². The summed E-state index contributed by atoms with van der Waals surface area (Å²) in [7, 11) is 0. The Hall–Kier alpha value is -3.92. The van der Waals surface area contributed by atoms with E-state index in [0.717, 1.165) is 53.4 Å². The molecule has 6 rings (SSSR count). The van der Waals surface area contributed by atoms with E-state index in [1.54, 1.807) is 17.1 Å². The number of aliphatic hydroxyl groups is 1. The molecule has 0 radical (unpaired) electrons. The molecule has 4 heterocycles. The molecular weight excluding hydrogens is 480 g/mol. The van der Waals surface area contributed by atoms with Crippen molar-refractivity contribution in [1.82, 2.24) is 34.8 Å². The van der Waals surface area contributed by atoms with Gasteiger partial charge in [-0.1, -0.05) is 17.3 Å². The average molecular weight is 513 g/mol. The maximum absolute atomic E-state index is 12.9. The van der Waals surface area contributed by atoms with Crippen molar-refractivity contribution in [3.63, 3.8) is 0 Å². The van der Waals surface area contributed by atoms with E-state index < -0.39 is 0 Å². The number of anilines is 1. The Morgan fingerprint density at radius 1 is 1.00 bits per heavy atom. The highest BCUT2D eigenvalue weighted by Gasteiger charge is 2.31. The highest BCUT2D eigenvalue weighted by molar-refractivity contribution is 5.92. The number of nitrogens with one attached hydrogen (secondary N) is 1. The second-order valence-electron chi connectivity index (χ2n) is 10.4. The van der Waals surface area contributed by atoms with Crippen LogP contribution in [0.15, 0.2) is 48.9 Å². The normalized spacial score (nSPS) is 20.5. The Balaban J connectivity index is 1.15. The van der Waals surface area contributed by atoms with Gasteiger partial charge in [0.2, 0.25) is 11.9 Å². The fourth-order valence-corrected chi connectivity index (χ4v) is 5.63. The number of nitrogens with zero attached hydrogens (tertiary/aromatic N) is 7. The number of aryl methyl sites for hydroxylation is 1. The number of pyridine rings is 1. The zero-order chi connectivity index (χ0) is 26.1. The maximum Gasteiger partial charge on any atom is 0.225 e. The summed E-state index contributed by atoms with van der Waals surface area (Å²) in [4.78, 5) is 28.3. The van der Waals surface area contributed by atoms with Crippen LogP contribution in [0.25, 0.3) is 28.0 Å². The molecule has 10 heteroatoms. The van der Waals surface area contributed by atoms with Gasteiger partial charge >= 0.3 is 0 Å². The van der Waals surface area contributed by atoms with Crippen LogP contribution in [0.3, 0.4) is 0 Å². The Labute approximate surface area is 221 Å². The Kier molecular flexibility index (Phi) is 6.71. The third-order valence-electron chi connectivity index (χ3n) is 7.85. The van der Waals surface area contributed by atoms with Gasteiger partial charge in [-0.15, -0.1) is 5.10 Å². The first-order valence-corrected chi connectivity index (χ1v) is 13.4. The fraction of sp³-hybridized carbons (Fsp3) is 0.429. The number of aromatic nitrogens is 6. The van der Waals surface area contributed by atoms with E-state index in [0.29, 0.717) is 37.7 Å². The lowest BCUT2D eigenvalue weighted by molar-refractivity contribution is -0.138. The number of hydrogen-bond donors (Lipinski definition) is 2. The molecule has 2 fully saturated rings. The van der Waals surface area contributed by atoms with Crippen molar-refractivity contribution in [2.75, 3.05) is 18.4 Å². The van der Waals surface area contributed by atoms with E-state index in [1.807, 2.05) is 41.4 Å². The quantitative estimate of drug-likeness (QED) is 0.416. The van der Waals surface area contributed by atoms with E-state index in [2.05, 4.69) is 32.5 Å². The van der Waals surface area contributed by atoms with Crippen molar-refractivity contribution in [2.45, 2.75) is 57.6 Å². The number of benzene rings is 1. The highest BCUT2D eigenvalue weighted by atomic mass is 16.3. The third kappa shape index (κ3) is 4.83. The minimum atomic E-state index is -0.266. The van der Waals surface area contributed by atoms with E-state index in [9.17, 15) is 9.90 Å². The molecular formula is C28H32N8O2. The molecule has 1 aliphatic heterocycles. The highest BCUT2D eigenvalue weighted by Crippen LogP contribution is 2.31. The minimum absolute atomic E-state index is 0.0645. The standard InChI is InChI=1S/C28H32N8O2/c1-18-9-13-29-17-23(18)22-3-2-4-24-26(22)33-34-36(24)25-10-14-30-28(32-25)31-20-7-5-19(6-8-20)27(38)35-15-11-21(37)12-16-35/h2-4,9-10,13-14,17,19-21,37H,5-8,11-12,15-16H2,1H3,(H,30,31,32). The number of aliphatic hydroxyl groups excluding tert-OH is 1. The van der Waals surface area contributed by atoms with Crippen LogP contribution in [0, 0.1) is 12.8 Å². The molecule has 38 heavy (non-hydrogen) atoms. The molecule has 0 bridgehead atoms. The van der Waals surface area contributed by atoms with Crippen LogP contribution in [0.1, 0.15) is 44.1 Å². The molecule has 1 aliphatic carbocycles. The molecule has 1 amide bonds. The fourth-order valence-electron chi connectivity index (χ4n) is 5.63. The van der Waals surface area contributed by atoms with Gasteiger partial charge in [0.25, 0.3) is 0 Å². The number of carbonyl (C=O) groups excluding carboxylic acids is 1. The van der Waals surface area contributed by atoms with Crippen molar-refractivity contribution in [1.29, 1.82) is 0 Å². The molecule has 10 nitrogen and oxygen atoms in total. The first kappa shape index (κ1) is 24.4. The van der Waals surface area contributed by atoms with Gasteiger partial charge in [-0.25, -0.2) is 4.98 Å². The first-order valence-electron chi connectivity index (χ1n) is 13.4. The number of carbonyl (C=O) groups is 1. The Bertz CT molecular complexity index is 1440. The van der Waals surface area contributed by atoms with E-state index in [-0.39, 0.29) is 24.0 Å². The van der Waals surface area contributed by atoms with E-state index in [1.165, 1.54) is 0 Å². The van der Waals surface area contributed by atoms with E-state index >= 15 is 0 Å². The predicted octanol–water partition coefficient (Wildman–Crippen LogP) is 3.53. The van der Waals surface area contributed by atoms with Gasteiger partial charge in [0.05, 0.1) is 11.6 Å². The van der Waals surface area contributed by atoms with Gasteiger partial charge in [-0.05, 0) is 63.1 Å². The maximum atomic E-state index is 12.9. The molecule has 1 saturated heterocycles. The van der Waals surface area contributed by atoms with Crippen LogP contribution >= 0.6 is 0 Å². The summed E-state index contributed by atoms with van der Waals surface area (Å²) in [5, 5.41) is 22.1. The van der Waals surface area contributed by atoms with Crippen molar-refractivity contribution >= 4 is 22.9 Å². The number of piperidine rings is 1. The van der Waals surface area contributed by atoms with Gasteiger partial charge in [0.15, 0.2) is 5.82 Å². The molecule has 0 unspecified atom stereocenters. The summed E-state index contributed by atoms with van der Waals surface area (Å²) >= 11 is 0. The smallest absolute Gasteiger partial charge is 0.225 e. The lowest BCUT2D eigenvalue weighted by atomic mass is 9.85. The summed E-state index contributed by atoms with van der Waals surface area (Å²) < 4.78 is 1.74. The van der Waals surface area contributed by atoms with Crippen LogP contribution in [-0.4, -0.2) is 71.1 Å². The molecule has 196 valence electrons. The van der Waals surface area contributed by atoms with Crippen molar-refractivity contribution in [3.8, 4) is 16.9 Å². The van der Waals surface area contributed by atoms with Crippen LogP contribution in [0.4, 0.5) is 5.95 Å². The SMILES string of the molecule is Cc1ccncc1-c1cccc2c1nnn2-c1ccnc(NC2CCC(C(=O)N3CCC(O)CC3)CC2)n1. The second-order valence-corrected chi connectivity index (χ2v) is 10.4. The summed E-state index contributed by atoms with van der Waals surface area (Å²) in [5.41, 5.74) is 4.80. The monoisotopic (exact) mass is 512 g/mol. The Morgan fingerprint density at radius 2 is 1.82 bits per heavy atom.